The van der Waals surface area contributed by atoms with Gasteiger partial charge in [-0.05, 0) is 50.3 Å². The maximum atomic E-state index is 12.5. The van der Waals surface area contributed by atoms with Gasteiger partial charge in [0.1, 0.15) is 6.10 Å². The standard InChI is InChI=1S/C18H27N3O2/c1-20(12-15-5-4-8-19-11-15)13-16-7-9-21(14-16)18(22)17-6-2-3-10-23-17/h4-5,8,11,16-17H,2-3,6-7,9-10,12-14H2,1H3/t16-,17+/m1/s1. The van der Waals surface area contributed by atoms with Gasteiger partial charge in [0.15, 0.2) is 0 Å². The van der Waals surface area contributed by atoms with Crippen LogP contribution in [0.3, 0.4) is 0 Å². The van der Waals surface area contributed by atoms with E-state index >= 15 is 0 Å². The highest BCUT2D eigenvalue weighted by Crippen LogP contribution is 2.22. The van der Waals surface area contributed by atoms with Crippen LogP contribution in [0.2, 0.25) is 0 Å². The van der Waals surface area contributed by atoms with Gasteiger partial charge in [0, 0.05) is 45.2 Å². The number of aromatic nitrogens is 1. The molecule has 23 heavy (non-hydrogen) atoms. The van der Waals surface area contributed by atoms with Gasteiger partial charge in [0.2, 0.25) is 0 Å². The molecule has 1 aromatic heterocycles. The Morgan fingerprint density at radius 2 is 2.35 bits per heavy atom. The molecule has 2 aliphatic heterocycles. The summed E-state index contributed by atoms with van der Waals surface area (Å²) in [6.07, 6.45) is 7.72. The molecule has 5 heteroatoms. The molecule has 2 atom stereocenters. The molecule has 0 radical (unpaired) electrons. The van der Waals surface area contributed by atoms with Gasteiger partial charge >= 0.3 is 0 Å². The summed E-state index contributed by atoms with van der Waals surface area (Å²) in [6, 6.07) is 4.08. The average Bonchev–Trinajstić information content (AvgIpc) is 3.04. The number of carbonyl (C=O) groups is 1. The van der Waals surface area contributed by atoms with Gasteiger partial charge in [-0.1, -0.05) is 6.07 Å². The molecule has 3 rings (SSSR count). The number of hydrogen-bond acceptors (Lipinski definition) is 4. The van der Waals surface area contributed by atoms with Crippen LogP contribution in [0.4, 0.5) is 0 Å². The smallest absolute Gasteiger partial charge is 0.251 e. The minimum atomic E-state index is -0.185. The lowest BCUT2D eigenvalue weighted by Crippen LogP contribution is -2.41. The third kappa shape index (κ3) is 4.52. The quantitative estimate of drug-likeness (QED) is 0.832. The Kier molecular flexibility index (Phi) is 5.62. The number of hydrogen-bond donors (Lipinski definition) is 0. The molecule has 0 unspecified atom stereocenters. The van der Waals surface area contributed by atoms with Gasteiger partial charge in [-0.15, -0.1) is 0 Å². The fourth-order valence-electron chi connectivity index (χ4n) is 3.63. The van der Waals surface area contributed by atoms with Crippen molar-refractivity contribution in [3.63, 3.8) is 0 Å². The van der Waals surface area contributed by atoms with Gasteiger partial charge in [-0.2, -0.15) is 0 Å². The third-order valence-corrected chi connectivity index (χ3v) is 4.80. The molecule has 5 nitrogen and oxygen atoms in total. The lowest BCUT2D eigenvalue weighted by atomic mass is 10.1. The summed E-state index contributed by atoms with van der Waals surface area (Å²) >= 11 is 0. The molecule has 0 aliphatic carbocycles. The van der Waals surface area contributed by atoms with Crippen LogP contribution in [0.15, 0.2) is 24.5 Å². The SMILES string of the molecule is CN(Cc1cccnc1)C[C@H]1CCN(C(=O)[C@@H]2CCCCO2)C1. The first-order chi connectivity index (χ1) is 11.2. The maximum absolute atomic E-state index is 12.5. The molecule has 3 heterocycles. The first-order valence-electron chi connectivity index (χ1n) is 8.70. The first-order valence-corrected chi connectivity index (χ1v) is 8.70. The number of ether oxygens (including phenoxy) is 1. The summed E-state index contributed by atoms with van der Waals surface area (Å²) in [7, 11) is 2.14. The summed E-state index contributed by atoms with van der Waals surface area (Å²) in [5, 5.41) is 0. The van der Waals surface area contributed by atoms with Crippen molar-refractivity contribution in [1.82, 2.24) is 14.8 Å². The molecular formula is C18H27N3O2. The summed E-state index contributed by atoms with van der Waals surface area (Å²) in [4.78, 5) is 21.0. The number of pyridine rings is 1. The normalized spacial score (nSPS) is 25.0. The second-order valence-corrected chi connectivity index (χ2v) is 6.85. The Labute approximate surface area is 138 Å². The van der Waals surface area contributed by atoms with Crippen molar-refractivity contribution in [2.45, 2.75) is 38.3 Å². The zero-order valence-corrected chi connectivity index (χ0v) is 14.0. The summed E-state index contributed by atoms with van der Waals surface area (Å²) in [5.41, 5.74) is 1.23. The van der Waals surface area contributed by atoms with E-state index in [2.05, 4.69) is 23.0 Å². The molecule has 0 N–H and O–H groups in total. The van der Waals surface area contributed by atoms with E-state index in [0.717, 1.165) is 58.5 Å². The van der Waals surface area contributed by atoms with Crippen molar-refractivity contribution >= 4 is 5.91 Å². The molecular weight excluding hydrogens is 290 g/mol. The molecule has 1 amide bonds. The Hall–Kier alpha value is -1.46. The van der Waals surface area contributed by atoms with E-state index in [4.69, 9.17) is 4.74 Å². The predicted octanol–water partition coefficient (Wildman–Crippen LogP) is 1.93. The number of likely N-dealkylation sites (tertiary alicyclic amines) is 1. The van der Waals surface area contributed by atoms with Crippen molar-refractivity contribution in [2.75, 3.05) is 33.3 Å². The zero-order chi connectivity index (χ0) is 16.1. The van der Waals surface area contributed by atoms with Crippen molar-refractivity contribution in [3.05, 3.63) is 30.1 Å². The lowest BCUT2D eigenvalue weighted by molar-refractivity contribution is -0.145. The first kappa shape index (κ1) is 16.4. The van der Waals surface area contributed by atoms with Crippen LogP contribution < -0.4 is 0 Å². The van der Waals surface area contributed by atoms with Crippen LogP contribution in [0.5, 0.6) is 0 Å². The van der Waals surface area contributed by atoms with E-state index in [0.29, 0.717) is 5.92 Å². The summed E-state index contributed by atoms with van der Waals surface area (Å²) < 4.78 is 5.64. The molecule has 0 spiro atoms. The van der Waals surface area contributed by atoms with Crippen LogP contribution in [-0.4, -0.2) is 60.1 Å². The highest BCUT2D eigenvalue weighted by atomic mass is 16.5. The van der Waals surface area contributed by atoms with E-state index in [1.165, 1.54) is 5.56 Å². The monoisotopic (exact) mass is 317 g/mol. The fraction of sp³-hybridized carbons (Fsp3) is 0.667. The topological polar surface area (TPSA) is 45.7 Å². The molecule has 0 bridgehead atoms. The van der Waals surface area contributed by atoms with Crippen molar-refractivity contribution in [1.29, 1.82) is 0 Å². The van der Waals surface area contributed by atoms with Gasteiger partial charge in [-0.25, -0.2) is 0 Å². The van der Waals surface area contributed by atoms with Gasteiger partial charge in [0.05, 0.1) is 0 Å². The molecule has 2 aliphatic rings. The highest BCUT2D eigenvalue weighted by molar-refractivity contribution is 5.81. The largest absolute Gasteiger partial charge is 0.368 e. The fourth-order valence-corrected chi connectivity index (χ4v) is 3.63. The number of carbonyl (C=O) groups excluding carboxylic acids is 1. The molecule has 126 valence electrons. The maximum Gasteiger partial charge on any atom is 0.251 e. The minimum Gasteiger partial charge on any atom is -0.368 e. The van der Waals surface area contributed by atoms with Gasteiger partial charge in [0.25, 0.3) is 5.91 Å². The van der Waals surface area contributed by atoms with Crippen molar-refractivity contribution < 1.29 is 9.53 Å². The van der Waals surface area contributed by atoms with Gasteiger partial charge in [-0.3, -0.25) is 9.78 Å². The van der Waals surface area contributed by atoms with E-state index in [1.54, 1.807) is 6.20 Å². The van der Waals surface area contributed by atoms with E-state index in [1.807, 2.05) is 17.2 Å². The van der Waals surface area contributed by atoms with Crippen molar-refractivity contribution in [3.8, 4) is 0 Å². The van der Waals surface area contributed by atoms with Crippen LogP contribution in [0.25, 0.3) is 0 Å². The second-order valence-electron chi connectivity index (χ2n) is 6.85. The number of nitrogens with zero attached hydrogens (tertiary/aromatic N) is 3. The molecule has 2 fully saturated rings. The highest BCUT2D eigenvalue weighted by Gasteiger charge is 2.32. The van der Waals surface area contributed by atoms with Crippen LogP contribution in [0.1, 0.15) is 31.2 Å². The van der Waals surface area contributed by atoms with E-state index in [-0.39, 0.29) is 12.0 Å². The van der Waals surface area contributed by atoms with Crippen molar-refractivity contribution in [2.24, 2.45) is 5.92 Å². The third-order valence-electron chi connectivity index (χ3n) is 4.80. The zero-order valence-electron chi connectivity index (χ0n) is 14.0. The number of rotatable bonds is 5. The molecule has 0 saturated carbocycles. The second kappa shape index (κ2) is 7.88. The molecule has 0 aromatic carbocycles. The van der Waals surface area contributed by atoms with E-state index < -0.39 is 0 Å². The molecule has 2 saturated heterocycles. The van der Waals surface area contributed by atoms with Gasteiger partial charge < -0.3 is 14.5 Å². The van der Waals surface area contributed by atoms with Crippen LogP contribution >= 0.6 is 0 Å². The Bertz CT molecular complexity index is 502. The Balaban J connectivity index is 1.45. The predicted molar refractivity (Wildman–Crippen MR) is 88.8 cm³/mol. The van der Waals surface area contributed by atoms with Crippen LogP contribution in [0, 0.1) is 5.92 Å². The molecule has 1 aromatic rings. The average molecular weight is 317 g/mol. The summed E-state index contributed by atoms with van der Waals surface area (Å²) in [6.45, 7) is 4.41. The minimum absolute atomic E-state index is 0.185. The van der Waals surface area contributed by atoms with Crippen LogP contribution in [-0.2, 0) is 16.1 Å². The Morgan fingerprint density at radius 3 is 3.09 bits per heavy atom. The number of amides is 1. The Morgan fingerprint density at radius 1 is 1.43 bits per heavy atom. The lowest BCUT2D eigenvalue weighted by Gasteiger charge is -2.27. The summed E-state index contributed by atoms with van der Waals surface area (Å²) in [5.74, 6) is 0.770. The van der Waals surface area contributed by atoms with E-state index in [9.17, 15) is 4.79 Å².